The molecule has 1 unspecified atom stereocenters. The molecule has 1 aromatic heterocycles. The molecule has 24 heavy (non-hydrogen) atoms. The van der Waals surface area contributed by atoms with Crippen LogP contribution in [0.3, 0.4) is 0 Å². The smallest absolute Gasteiger partial charge is 0.249 e. The highest BCUT2D eigenvalue weighted by atomic mass is 16.5. The molecule has 0 bridgehead atoms. The van der Waals surface area contributed by atoms with E-state index in [-0.39, 0.29) is 31.0 Å². The van der Waals surface area contributed by atoms with Crippen molar-refractivity contribution in [1.29, 1.82) is 0 Å². The van der Waals surface area contributed by atoms with Gasteiger partial charge < -0.3 is 19.1 Å². The van der Waals surface area contributed by atoms with Crippen LogP contribution in [0.5, 0.6) is 0 Å². The summed E-state index contributed by atoms with van der Waals surface area (Å²) in [7, 11) is 3.48. The largest absolute Gasteiger partial charge is 0.375 e. The number of amides is 2. The van der Waals surface area contributed by atoms with E-state index in [9.17, 15) is 9.59 Å². The Labute approximate surface area is 144 Å². The third-order valence-corrected chi connectivity index (χ3v) is 4.71. The van der Waals surface area contributed by atoms with Gasteiger partial charge in [0.1, 0.15) is 13.2 Å². The molecule has 0 radical (unpaired) electrons. The zero-order valence-electron chi connectivity index (χ0n) is 15.2. The number of methoxy groups -OCH3 is 1. The molecule has 0 saturated heterocycles. The molecule has 1 saturated carbocycles. The molecule has 1 fully saturated rings. The van der Waals surface area contributed by atoms with E-state index in [1.165, 1.54) is 7.11 Å². The first-order valence-corrected chi connectivity index (χ1v) is 8.66. The van der Waals surface area contributed by atoms with Gasteiger partial charge in [-0.05, 0) is 38.3 Å². The molecular formula is C18H29N3O3. The van der Waals surface area contributed by atoms with Crippen LogP contribution in [0.4, 0.5) is 0 Å². The summed E-state index contributed by atoms with van der Waals surface area (Å²) in [4.78, 5) is 28.7. The maximum Gasteiger partial charge on any atom is 0.249 e. The standard InChI is InChI=1S/C18H29N3O3/c1-5-14(2)20(18(23)13-24-4)12-17(22)21(15-8-9-15)11-16-7-6-10-19(16)3/h6-7,10,14-15H,5,8-9,11-13H2,1-4H3. The fourth-order valence-corrected chi connectivity index (χ4v) is 2.80. The number of rotatable bonds is 9. The first kappa shape index (κ1) is 18.5. The van der Waals surface area contributed by atoms with Crippen molar-refractivity contribution in [2.24, 2.45) is 7.05 Å². The van der Waals surface area contributed by atoms with Crippen LogP contribution in [0.1, 0.15) is 38.8 Å². The number of aryl methyl sites for hydroxylation is 1. The van der Waals surface area contributed by atoms with Crippen molar-refractivity contribution < 1.29 is 14.3 Å². The summed E-state index contributed by atoms with van der Waals surface area (Å²) < 4.78 is 7.00. The van der Waals surface area contributed by atoms with Gasteiger partial charge in [0.25, 0.3) is 0 Å². The Kier molecular flexibility index (Phi) is 6.43. The van der Waals surface area contributed by atoms with Gasteiger partial charge in [-0.25, -0.2) is 0 Å². The predicted molar refractivity (Wildman–Crippen MR) is 92.3 cm³/mol. The summed E-state index contributed by atoms with van der Waals surface area (Å²) in [5, 5.41) is 0. The molecule has 1 aliphatic rings. The van der Waals surface area contributed by atoms with E-state index in [0.29, 0.717) is 12.6 Å². The molecule has 0 aliphatic heterocycles. The minimum Gasteiger partial charge on any atom is -0.375 e. The average molecular weight is 335 g/mol. The van der Waals surface area contributed by atoms with Crippen LogP contribution in [0.15, 0.2) is 18.3 Å². The SMILES string of the molecule is CCC(C)N(CC(=O)N(Cc1cccn1C)C1CC1)C(=O)COC. The molecule has 0 spiro atoms. The van der Waals surface area contributed by atoms with E-state index < -0.39 is 0 Å². The van der Waals surface area contributed by atoms with Gasteiger partial charge in [0.15, 0.2) is 0 Å². The highest BCUT2D eigenvalue weighted by Gasteiger charge is 2.34. The summed E-state index contributed by atoms with van der Waals surface area (Å²) in [6.07, 6.45) is 4.89. The Morgan fingerprint density at radius 3 is 2.58 bits per heavy atom. The predicted octanol–water partition coefficient (Wildman–Crippen LogP) is 1.79. The minimum atomic E-state index is -0.130. The second kappa shape index (κ2) is 8.33. The molecule has 1 aromatic rings. The van der Waals surface area contributed by atoms with Gasteiger partial charge in [0, 0.05) is 38.1 Å². The number of carbonyl (C=O) groups excluding carboxylic acids is 2. The highest BCUT2D eigenvalue weighted by molar-refractivity contribution is 5.86. The Bertz CT molecular complexity index is 566. The first-order chi connectivity index (χ1) is 11.5. The van der Waals surface area contributed by atoms with Gasteiger partial charge in [-0.2, -0.15) is 0 Å². The van der Waals surface area contributed by atoms with Crippen LogP contribution in [0.2, 0.25) is 0 Å². The molecule has 1 aliphatic carbocycles. The van der Waals surface area contributed by atoms with Crippen molar-refractivity contribution in [3.63, 3.8) is 0 Å². The molecule has 2 rings (SSSR count). The maximum absolute atomic E-state index is 12.9. The zero-order valence-corrected chi connectivity index (χ0v) is 15.2. The molecule has 0 N–H and O–H groups in total. The lowest BCUT2D eigenvalue weighted by molar-refractivity contribution is -0.145. The van der Waals surface area contributed by atoms with Gasteiger partial charge in [-0.3, -0.25) is 9.59 Å². The van der Waals surface area contributed by atoms with Crippen LogP contribution in [0, 0.1) is 0 Å². The normalized spacial score (nSPS) is 15.2. The number of nitrogens with zero attached hydrogens (tertiary/aromatic N) is 3. The monoisotopic (exact) mass is 335 g/mol. The van der Waals surface area contributed by atoms with E-state index in [4.69, 9.17) is 4.74 Å². The van der Waals surface area contributed by atoms with Gasteiger partial charge >= 0.3 is 0 Å². The van der Waals surface area contributed by atoms with Crippen LogP contribution in [-0.2, 0) is 27.9 Å². The quantitative estimate of drug-likeness (QED) is 0.691. The fourth-order valence-electron chi connectivity index (χ4n) is 2.80. The first-order valence-electron chi connectivity index (χ1n) is 8.66. The van der Waals surface area contributed by atoms with Crippen LogP contribution < -0.4 is 0 Å². The van der Waals surface area contributed by atoms with Crippen molar-refractivity contribution in [3.05, 3.63) is 24.0 Å². The van der Waals surface area contributed by atoms with Crippen molar-refractivity contribution in [2.75, 3.05) is 20.3 Å². The number of ether oxygens (including phenoxy) is 1. The number of aromatic nitrogens is 1. The summed E-state index contributed by atoms with van der Waals surface area (Å²) in [5.74, 6) is -0.113. The third kappa shape index (κ3) is 4.60. The van der Waals surface area contributed by atoms with Gasteiger partial charge in [-0.15, -0.1) is 0 Å². The Hall–Kier alpha value is -1.82. The molecular weight excluding hydrogens is 306 g/mol. The van der Waals surface area contributed by atoms with Crippen molar-refractivity contribution in [3.8, 4) is 0 Å². The van der Waals surface area contributed by atoms with Crippen molar-refractivity contribution >= 4 is 11.8 Å². The molecule has 2 amide bonds. The summed E-state index contributed by atoms with van der Waals surface area (Å²) in [5.41, 5.74) is 1.11. The summed E-state index contributed by atoms with van der Waals surface area (Å²) in [6.45, 7) is 4.72. The second-order valence-corrected chi connectivity index (χ2v) is 6.58. The average Bonchev–Trinajstić information content (AvgIpc) is 3.32. The van der Waals surface area contributed by atoms with Crippen molar-refractivity contribution in [1.82, 2.24) is 14.4 Å². The Morgan fingerprint density at radius 1 is 1.38 bits per heavy atom. The highest BCUT2D eigenvalue weighted by Crippen LogP contribution is 2.28. The van der Waals surface area contributed by atoms with E-state index in [1.54, 1.807) is 4.90 Å². The summed E-state index contributed by atoms with van der Waals surface area (Å²) in [6, 6.07) is 4.35. The lowest BCUT2D eigenvalue weighted by Gasteiger charge is -2.31. The van der Waals surface area contributed by atoms with E-state index in [2.05, 4.69) is 0 Å². The molecule has 6 nitrogen and oxygen atoms in total. The fraction of sp³-hybridized carbons (Fsp3) is 0.667. The van der Waals surface area contributed by atoms with E-state index >= 15 is 0 Å². The van der Waals surface area contributed by atoms with Gasteiger partial charge in [0.2, 0.25) is 11.8 Å². The number of hydrogen-bond acceptors (Lipinski definition) is 3. The van der Waals surface area contributed by atoms with Crippen LogP contribution in [-0.4, -0.2) is 58.5 Å². The topological polar surface area (TPSA) is 54.8 Å². The molecule has 1 atom stereocenters. The molecule has 1 heterocycles. The minimum absolute atomic E-state index is 0.0128. The van der Waals surface area contributed by atoms with E-state index in [1.807, 2.05) is 48.7 Å². The van der Waals surface area contributed by atoms with Crippen LogP contribution in [0.25, 0.3) is 0 Å². The third-order valence-electron chi connectivity index (χ3n) is 4.71. The number of hydrogen-bond donors (Lipinski definition) is 0. The lowest BCUT2D eigenvalue weighted by atomic mass is 10.2. The maximum atomic E-state index is 12.9. The molecule has 0 aromatic carbocycles. The summed E-state index contributed by atoms with van der Waals surface area (Å²) >= 11 is 0. The molecule has 134 valence electrons. The van der Waals surface area contributed by atoms with Crippen molar-refractivity contribution in [2.45, 2.75) is 51.7 Å². The van der Waals surface area contributed by atoms with E-state index in [0.717, 1.165) is 25.0 Å². The van der Waals surface area contributed by atoms with Gasteiger partial charge in [0.05, 0.1) is 6.54 Å². The lowest BCUT2D eigenvalue weighted by Crippen LogP contribution is -2.48. The van der Waals surface area contributed by atoms with Gasteiger partial charge in [-0.1, -0.05) is 6.92 Å². The molecule has 6 heteroatoms. The zero-order chi connectivity index (χ0) is 17.7. The Balaban J connectivity index is 2.07. The van der Waals surface area contributed by atoms with Crippen LogP contribution >= 0.6 is 0 Å². The number of carbonyl (C=O) groups is 2. The second-order valence-electron chi connectivity index (χ2n) is 6.58. The Morgan fingerprint density at radius 2 is 2.08 bits per heavy atom.